The average Bonchev–Trinajstić information content (AvgIpc) is 2.63. The molecule has 2 atom stereocenters. The Labute approximate surface area is 98.2 Å². The van der Waals surface area contributed by atoms with E-state index in [0.717, 1.165) is 6.54 Å². The molecule has 2 unspecified atom stereocenters. The van der Waals surface area contributed by atoms with Gasteiger partial charge in [0.05, 0.1) is 6.20 Å². The molecule has 1 aliphatic carbocycles. The van der Waals surface area contributed by atoms with Gasteiger partial charge in [-0.3, -0.25) is 4.68 Å². The van der Waals surface area contributed by atoms with Gasteiger partial charge in [0.25, 0.3) is 0 Å². The molecule has 3 nitrogen and oxygen atoms in total. The van der Waals surface area contributed by atoms with Crippen molar-refractivity contribution < 1.29 is 0 Å². The Morgan fingerprint density at radius 3 is 2.81 bits per heavy atom. The third-order valence-corrected chi connectivity index (χ3v) is 4.04. The van der Waals surface area contributed by atoms with Crippen molar-refractivity contribution >= 4 is 0 Å². The van der Waals surface area contributed by atoms with Gasteiger partial charge >= 0.3 is 0 Å². The maximum Gasteiger partial charge on any atom is 0.0524 e. The van der Waals surface area contributed by atoms with Crippen LogP contribution in [0.1, 0.15) is 45.1 Å². The van der Waals surface area contributed by atoms with Gasteiger partial charge in [0.15, 0.2) is 0 Å². The molecule has 1 N–H and O–H groups in total. The summed E-state index contributed by atoms with van der Waals surface area (Å²) in [5.74, 6) is 0.663. The summed E-state index contributed by atoms with van der Waals surface area (Å²) in [6.07, 6.45) is 6.63. The van der Waals surface area contributed by atoms with Gasteiger partial charge in [-0.2, -0.15) is 5.10 Å². The van der Waals surface area contributed by atoms with Gasteiger partial charge in [0.2, 0.25) is 0 Å². The number of nitrogens with zero attached hydrogens (tertiary/aromatic N) is 2. The Balaban J connectivity index is 2.01. The molecule has 90 valence electrons. The second-order valence-corrected chi connectivity index (χ2v) is 5.56. The molecule has 0 spiro atoms. The first-order chi connectivity index (χ1) is 7.55. The maximum atomic E-state index is 4.27. The summed E-state index contributed by atoms with van der Waals surface area (Å²) in [5, 5.41) is 7.91. The topological polar surface area (TPSA) is 29.9 Å². The van der Waals surface area contributed by atoms with Crippen LogP contribution in [-0.4, -0.2) is 22.4 Å². The van der Waals surface area contributed by atoms with E-state index < -0.39 is 0 Å². The Morgan fingerprint density at radius 1 is 1.56 bits per heavy atom. The van der Waals surface area contributed by atoms with Crippen LogP contribution in [0.25, 0.3) is 0 Å². The molecule has 1 fully saturated rings. The van der Waals surface area contributed by atoms with Crippen molar-refractivity contribution in [2.45, 2.75) is 45.6 Å². The number of hydrogen-bond donors (Lipinski definition) is 1. The molecule has 1 aromatic rings. The highest BCUT2D eigenvalue weighted by atomic mass is 15.2. The molecule has 0 bridgehead atoms. The van der Waals surface area contributed by atoms with Crippen LogP contribution < -0.4 is 5.32 Å². The van der Waals surface area contributed by atoms with Gasteiger partial charge in [-0.1, -0.05) is 20.8 Å². The number of nitrogens with one attached hydrogen (secondary N) is 1. The second kappa shape index (κ2) is 4.21. The van der Waals surface area contributed by atoms with Crippen molar-refractivity contribution in [2.24, 2.45) is 12.5 Å². The molecule has 0 saturated heterocycles. The van der Waals surface area contributed by atoms with Gasteiger partial charge in [0.1, 0.15) is 0 Å². The largest absolute Gasteiger partial charge is 0.313 e. The summed E-state index contributed by atoms with van der Waals surface area (Å²) in [7, 11) is 1.99. The van der Waals surface area contributed by atoms with E-state index >= 15 is 0 Å². The zero-order chi connectivity index (χ0) is 11.8. The van der Waals surface area contributed by atoms with E-state index in [1.54, 1.807) is 0 Å². The number of aromatic nitrogens is 2. The van der Waals surface area contributed by atoms with Crippen LogP contribution in [0.4, 0.5) is 0 Å². The monoisotopic (exact) mass is 221 g/mol. The average molecular weight is 221 g/mol. The molecule has 3 heteroatoms. The third kappa shape index (κ3) is 1.88. The molecular weight excluding hydrogens is 198 g/mol. The van der Waals surface area contributed by atoms with Crippen LogP contribution in [0, 0.1) is 5.41 Å². The van der Waals surface area contributed by atoms with Crippen LogP contribution >= 0.6 is 0 Å². The zero-order valence-corrected chi connectivity index (χ0v) is 10.8. The number of hydrogen-bond acceptors (Lipinski definition) is 2. The van der Waals surface area contributed by atoms with Crippen LogP contribution in [-0.2, 0) is 7.05 Å². The van der Waals surface area contributed by atoms with E-state index in [4.69, 9.17) is 0 Å². The lowest BCUT2D eigenvalue weighted by Crippen LogP contribution is -2.55. The Bertz CT molecular complexity index is 354. The second-order valence-electron chi connectivity index (χ2n) is 5.56. The summed E-state index contributed by atoms with van der Waals surface area (Å²) < 4.78 is 1.90. The fourth-order valence-electron chi connectivity index (χ4n) is 2.78. The van der Waals surface area contributed by atoms with Crippen molar-refractivity contribution in [3.8, 4) is 0 Å². The molecule has 0 aliphatic heterocycles. The normalized spacial score (nSPS) is 27.8. The van der Waals surface area contributed by atoms with E-state index in [1.807, 2.05) is 17.9 Å². The number of aryl methyl sites for hydroxylation is 1. The molecule has 16 heavy (non-hydrogen) atoms. The lowest BCUT2D eigenvalue weighted by atomic mass is 9.56. The van der Waals surface area contributed by atoms with E-state index in [1.165, 1.54) is 18.4 Å². The predicted molar refractivity (Wildman–Crippen MR) is 66.4 cm³/mol. The van der Waals surface area contributed by atoms with Crippen LogP contribution in [0.5, 0.6) is 0 Å². The fourth-order valence-corrected chi connectivity index (χ4v) is 2.78. The SMILES string of the molecule is CCCNC1CC(c2cnn(C)c2)C1(C)C. The van der Waals surface area contributed by atoms with Crippen molar-refractivity contribution in [2.75, 3.05) is 6.54 Å². The van der Waals surface area contributed by atoms with Crippen molar-refractivity contribution in [3.63, 3.8) is 0 Å². The van der Waals surface area contributed by atoms with Gasteiger partial charge < -0.3 is 5.32 Å². The lowest BCUT2D eigenvalue weighted by molar-refractivity contribution is 0.0694. The maximum absolute atomic E-state index is 4.27. The standard InChI is InChI=1S/C13H23N3/c1-5-6-14-12-7-11(13(12,2)3)10-8-15-16(4)9-10/h8-9,11-12,14H,5-7H2,1-4H3. The van der Waals surface area contributed by atoms with Gasteiger partial charge in [-0.15, -0.1) is 0 Å². The van der Waals surface area contributed by atoms with Crippen LogP contribution in [0.15, 0.2) is 12.4 Å². The predicted octanol–water partition coefficient (Wildman–Crippen LogP) is 2.30. The van der Waals surface area contributed by atoms with E-state index in [2.05, 4.69) is 37.4 Å². The zero-order valence-electron chi connectivity index (χ0n) is 10.8. The van der Waals surface area contributed by atoms with Gasteiger partial charge in [-0.05, 0) is 36.3 Å². The molecule has 0 aromatic carbocycles. The molecule has 0 amide bonds. The van der Waals surface area contributed by atoms with Crippen LogP contribution in [0.3, 0.4) is 0 Å². The van der Waals surface area contributed by atoms with E-state index in [9.17, 15) is 0 Å². The molecule has 1 aliphatic rings. The lowest BCUT2D eigenvalue weighted by Gasteiger charge is -2.52. The molecule has 0 radical (unpaired) electrons. The van der Waals surface area contributed by atoms with Crippen molar-refractivity contribution in [1.29, 1.82) is 0 Å². The molecule has 1 heterocycles. The van der Waals surface area contributed by atoms with Crippen LogP contribution in [0.2, 0.25) is 0 Å². The smallest absolute Gasteiger partial charge is 0.0524 e. The molecule has 2 rings (SSSR count). The third-order valence-electron chi connectivity index (χ3n) is 4.04. The van der Waals surface area contributed by atoms with E-state index in [-0.39, 0.29) is 0 Å². The quantitative estimate of drug-likeness (QED) is 0.845. The van der Waals surface area contributed by atoms with Gasteiger partial charge in [-0.25, -0.2) is 0 Å². The molecular formula is C13H23N3. The Kier molecular flexibility index (Phi) is 3.06. The highest BCUT2D eigenvalue weighted by Crippen LogP contribution is 2.52. The molecule has 1 aromatic heterocycles. The minimum Gasteiger partial charge on any atom is -0.313 e. The molecule has 1 saturated carbocycles. The first kappa shape index (κ1) is 11.6. The Morgan fingerprint density at radius 2 is 2.31 bits per heavy atom. The Hall–Kier alpha value is -0.830. The minimum atomic E-state index is 0.359. The van der Waals surface area contributed by atoms with Crippen molar-refractivity contribution in [3.05, 3.63) is 18.0 Å². The minimum absolute atomic E-state index is 0.359. The summed E-state index contributed by atoms with van der Waals surface area (Å²) in [5.41, 5.74) is 1.75. The number of rotatable bonds is 4. The van der Waals surface area contributed by atoms with Crippen molar-refractivity contribution in [1.82, 2.24) is 15.1 Å². The highest BCUT2D eigenvalue weighted by Gasteiger charge is 2.48. The first-order valence-corrected chi connectivity index (χ1v) is 6.27. The summed E-state index contributed by atoms with van der Waals surface area (Å²) in [6, 6.07) is 0.664. The summed E-state index contributed by atoms with van der Waals surface area (Å²) in [4.78, 5) is 0. The summed E-state index contributed by atoms with van der Waals surface area (Å²) in [6.45, 7) is 8.08. The first-order valence-electron chi connectivity index (χ1n) is 6.27. The van der Waals surface area contributed by atoms with E-state index in [0.29, 0.717) is 17.4 Å². The summed E-state index contributed by atoms with van der Waals surface area (Å²) >= 11 is 0. The highest BCUT2D eigenvalue weighted by molar-refractivity contribution is 5.23. The van der Waals surface area contributed by atoms with Gasteiger partial charge in [0, 0.05) is 19.3 Å². The fraction of sp³-hybridized carbons (Fsp3) is 0.769.